The molecule has 0 bridgehead atoms. The Morgan fingerprint density at radius 1 is 1.25 bits per heavy atom. The third-order valence-corrected chi connectivity index (χ3v) is 2.85. The van der Waals surface area contributed by atoms with E-state index in [-0.39, 0.29) is 10.3 Å². The molecule has 0 aliphatic rings. The second-order valence-electron chi connectivity index (χ2n) is 3.08. The Labute approximate surface area is 106 Å². The van der Waals surface area contributed by atoms with Crippen LogP contribution in [-0.4, -0.2) is 9.55 Å². The Bertz CT molecular complexity index is 648. The van der Waals surface area contributed by atoms with Crippen LogP contribution in [0.1, 0.15) is 0 Å². The van der Waals surface area contributed by atoms with Gasteiger partial charge in [0, 0.05) is 17.3 Å². The highest BCUT2D eigenvalue weighted by atomic mass is 35.5. The third-order valence-electron chi connectivity index (χ3n) is 1.99. The van der Waals surface area contributed by atoms with E-state index in [4.69, 9.17) is 35.4 Å². The smallest absolute Gasteiger partial charge is 0.251 e. The van der Waals surface area contributed by atoms with Crippen LogP contribution in [0.2, 0.25) is 10.0 Å². The first-order chi connectivity index (χ1) is 7.58. The monoisotopic (exact) mass is 272 g/mol. The van der Waals surface area contributed by atoms with Crippen molar-refractivity contribution in [2.24, 2.45) is 0 Å². The average Bonchev–Trinajstić information content (AvgIpc) is 2.22. The summed E-state index contributed by atoms with van der Waals surface area (Å²) in [7, 11) is 0. The van der Waals surface area contributed by atoms with Crippen LogP contribution in [0.4, 0.5) is 0 Å². The molecule has 0 radical (unpaired) electrons. The summed E-state index contributed by atoms with van der Waals surface area (Å²) in [6, 6.07) is 6.40. The fraction of sp³-hybridized carbons (Fsp3) is 0. The summed E-state index contributed by atoms with van der Waals surface area (Å²) < 4.78 is 1.86. The minimum atomic E-state index is -0.251. The Morgan fingerprint density at radius 3 is 2.69 bits per heavy atom. The number of nitrogens with zero attached hydrogens (tertiary/aromatic N) is 1. The SMILES string of the molecule is O=c1ccn(-c2cc(Cl)ccc2Cl)c(=S)[nH]1. The summed E-state index contributed by atoms with van der Waals surface area (Å²) in [5, 5.41) is 1.06. The highest BCUT2D eigenvalue weighted by Gasteiger charge is 2.04. The molecule has 0 saturated heterocycles. The first-order valence-electron chi connectivity index (χ1n) is 4.35. The van der Waals surface area contributed by atoms with E-state index in [2.05, 4.69) is 4.98 Å². The number of benzene rings is 1. The molecule has 1 N–H and O–H groups in total. The summed E-state index contributed by atoms with van der Waals surface area (Å²) in [4.78, 5) is 13.5. The number of hydrogen-bond acceptors (Lipinski definition) is 2. The van der Waals surface area contributed by atoms with E-state index in [1.165, 1.54) is 6.07 Å². The van der Waals surface area contributed by atoms with Gasteiger partial charge in [0.05, 0.1) is 10.7 Å². The van der Waals surface area contributed by atoms with Gasteiger partial charge in [-0.2, -0.15) is 0 Å². The first-order valence-corrected chi connectivity index (χ1v) is 5.52. The summed E-state index contributed by atoms with van der Waals surface area (Å²) in [5.74, 6) is 0. The highest BCUT2D eigenvalue weighted by Crippen LogP contribution is 2.23. The number of aromatic nitrogens is 2. The zero-order valence-corrected chi connectivity index (χ0v) is 10.2. The maximum Gasteiger partial charge on any atom is 0.251 e. The minimum Gasteiger partial charge on any atom is -0.299 e. The van der Waals surface area contributed by atoms with Crippen molar-refractivity contribution in [2.45, 2.75) is 0 Å². The number of H-pyrrole nitrogens is 1. The molecule has 0 spiro atoms. The summed E-state index contributed by atoms with van der Waals surface area (Å²) in [6.07, 6.45) is 1.55. The lowest BCUT2D eigenvalue weighted by Crippen LogP contribution is -2.10. The van der Waals surface area contributed by atoms with Crippen LogP contribution in [0.3, 0.4) is 0 Å². The van der Waals surface area contributed by atoms with Gasteiger partial charge in [-0.05, 0) is 30.4 Å². The van der Waals surface area contributed by atoms with Gasteiger partial charge >= 0.3 is 0 Å². The lowest BCUT2D eigenvalue weighted by molar-refractivity contribution is 0.937. The van der Waals surface area contributed by atoms with Crippen LogP contribution in [0.5, 0.6) is 0 Å². The molecule has 1 aromatic heterocycles. The van der Waals surface area contributed by atoms with Crippen molar-refractivity contribution < 1.29 is 0 Å². The minimum absolute atomic E-state index is 0.251. The molecule has 0 unspecified atom stereocenters. The van der Waals surface area contributed by atoms with Crippen LogP contribution in [0, 0.1) is 4.77 Å². The Morgan fingerprint density at radius 2 is 2.00 bits per heavy atom. The molecule has 1 aromatic carbocycles. The van der Waals surface area contributed by atoms with E-state index >= 15 is 0 Å². The molecule has 0 saturated carbocycles. The van der Waals surface area contributed by atoms with Crippen LogP contribution in [-0.2, 0) is 0 Å². The topological polar surface area (TPSA) is 37.8 Å². The van der Waals surface area contributed by atoms with E-state index in [1.54, 1.807) is 29.0 Å². The van der Waals surface area contributed by atoms with Crippen molar-refractivity contribution in [3.8, 4) is 5.69 Å². The molecular weight excluding hydrogens is 267 g/mol. The van der Waals surface area contributed by atoms with Crippen molar-refractivity contribution in [2.75, 3.05) is 0 Å². The van der Waals surface area contributed by atoms with Crippen molar-refractivity contribution in [1.29, 1.82) is 0 Å². The molecule has 1 heterocycles. The molecule has 0 fully saturated rings. The largest absolute Gasteiger partial charge is 0.299 e. The predicted molar refractivity (Wildman–Crippen MR) is 67.2 cm³/mol. The Kier molecular flexibility index (Phi) is 3.14. The van der Waals surface area contributed by atoms with Crippen LogP contribution in [0.15, 0.2) is 35.3 Å². The van der Waals surface area contributed by atoms with Gasteiger partial charge in [0.1, 0.15) is 0 Å². The zero-order chi connectivity index (χ0) is 11.7. The molecule has 6 heteroatoms. The van der Waals surface area contributed by atoms with Gasteiger partial charge in [-0.15, -0.1) is 0 Å². The molecule has 82 valence electrons. The van der Waals surface area contributed by atoms with Gasteiger partial charge in [0.25, 0.3) is 5.56 Å². The molecule has 0 amide bonds. The molecule has 2 rings (SSSR count). The second kappa shape index (κ2) is 4.41. The van der Waals surface area contributed by atoms with Crippen LogP contribution < -0.4 is 5.56 Å². The van der Waals surface area contributed by atoms with Crippen molar-refractivity contribution in [3.05, 3.63) is 55.6 Å². The maximum absolute atomic E-state index is 11.0. The standard InChI is InChI=1S/C10H6Cl2N2OS/c11-6-1-2-7(12)8(5-6)14-4-3-9(15)13-10(14)16/h1-5H,(H,13,15,16). The Balaban J connectivity index is 2.72. The van der Waals surface area contributed by atoms with Crippen LogP contribution >= 0.6 is 35.4 Å². The lowest BCUT2D eigenvalue weighted by Gasteiger charge is -2.08. The number of hydrogen-bond donors (Lipinski definition) is 1. The van der Waals surface area contributed by atoms with E-state index in [1.807, 2.05) is 0 Å². The molecule has 0 aliphatic heterocycles. The van der Waals surface area contributed by atoms with Gasteiger partial charge < -0.3 is 0 Å². The normalized spacial score (nSPS) is 10.4. The van der Waals surface area contributed by atoms with E-state index < -0.39 is 0 Å². The van der Waals surface area contributed by atoms with E-state index in [0.717, 1.165) is 0 Å². The van der Waals surface area contributed by atoms with Crippen molar-refractivity contribution in [1.82, 2.24) is 9.55 Å². The van der Waals surface area contributed by atoms with Gasteiger partial charge in [-0.1, -0.05) is 23.2 Å². The van der Waals surface area contributed by atoms with Gasteiger partial charge in [0.15, 0.2) is 4.77 Å². The van der Waals surface area contributed by atoms with Gasteiger partial charge in [0.2, 0.25) is 0 Å². The van der Waals surface area contributed by atoms with Crippen molar-refractivity contribution >= 4 is 35.4 Å². The number of rotatable bonds is 1. The summed E-state index contributed by atoms with van der Waals surface area (Å²) in [5.41, 5.74) is 0.384. The van der Waals surface area contributed by atoms with Crippen LogP contribution in [0.25, 0.3) is 5.69 Å². The zero-order valence-electron chi connectivity index (χ0n) is 7.91. The third kappa shape index (κ3) is 2.19. The molecule has 16 heavy (non-hydrogen) atoms. The van der Waals surface area contributed by atoms with Gasteiger partial charge in [-0.25, -0.2) is 0 Å². The second-order valence-corrected chi connectivity index (χ2v) is 4.31. The molecular formula is C10H6Cl2N2OS. The molecule has 0 atom stereocenters. The molecule has 0 aliphatic carbocycles. The summed E-state index contributed by atoms with van der Waals surface area (Å²) in [6.45, 7) is 0. The van der Waals surface area contributed by atoms with E-state index in [0.29, 0.717) is 15.7 Å². The van der Waals surface area contributed by atoms with Crippen molar-refractivity contribution in [3.63, 3.8) is 0 Å². The number of halogens is 2. The number of nitrogens with one attached hydrogen (secondary N) is 1. The maximum atomic E-state index is 11.0. The molecule has 2 aromatic rings. The fourth-order valence-electron chi connectivity index (χ4n) is 1.28. The molecule has 3 nitrogen and oxygen atoms in total. The van der Waals surface area contributed by atoms with E-state index in [9.17, 15) is 4.79 Å². The van der Waals surface area contributed by atoms with Gasteiger partial charge in [-0.3, -0.25) is 14.3 Å². The fourth-order valence-corrected chi connectivity index (χ4v) is 1.91. The predicted octanol–water partition coefficient (Wildman–Crippen LogP) is 3.20. The quantitative estimate of drug-likeness (QED) is 0.810. The number of aromatic amines is 1. The Hall–Kier alpha value is -1.10. The average molecular weight is 273 g/mol. The highest BCUT2D eigenvalue weighted by molar-refractivity contribution is 7.71. The summed E-state index contributed by atoms with van der Waals surface area (Å²) >= 11 is 16.9. The lowest BCUT2D eigenvalue weighted by atomic mass is 10.3. The first kappa shape index (κ1) is 11.4.